The predicted molar refractivity (Wildman–Crippen MR) is 146 cm³/mol. The molecule has 194 valence electrons. The summed E-state index contributed by atoms with van der Waals surface area (Å²) in [6.45, 7) is 1.63. The summed E-state index contributed by atoms with van der Waals surface area (Å²) in [5, 5.41) is 11.8. The average Bonchev–Trinajstić information content (AvgIpc) is 3.86. The Morgan fingerprint density at radius 2 is 1.89 bits per heavy atom. The second-order valence-corrected chi connectivity index (χ2v) is 11.8. The number of H-pyrrole nitrogens is 2. The van der Waals surface area contributed by atoms with Gasteiger partial charge in [0.1, 0.15) is 11.2 Å². The Morgan fingerprint density at radius 3 is 2.66 bits per heavy atom. The van der Waals surface area contributed by atoms with Crippen LogP contribution in [-0.2, 0) is 11.8 Å². The van der Waals surface area contributed by atoms with Gasteiger partial charge in [-0.15, -0.1) is 0 Å². The summed E-state index contributed by atoms with van der Waals surface area (Å²) in [6, 6.07) is 13.3. The van der Waals surface area contributed by atoms with Crippen molar-refractivity contribution in [2.24, 2.45) is 11.1 Å². The van der Waals surface area contributed by atoms with Gasteiger partial charge in [0.2, 0.25) is 5.95 Å². The Morgan fingerprint density at radius 1 is 1.08 bits per heavy atom. The number of fused-ring (bicyclic) bond motifs is 2. The fourth-order valence-electron chi connectivity index (χ4n) is 6.92. The van der Waals surface area contributed by atoms with Gasteiger partial charge in [-0.1, -0.05) is 24.3 Å². The number of benzene rings is 1. The van der Waals surface area contributed by atoms with Crippen LogP contribution in [0.2, 0.25) is 0 Å². The van der Waals surface area contributed by atoms with Crippen LogP contribution in [0.5, 0.6) is 0 Å². The zero-order valence-corrected chi connectivity index (χ0v) is 21.3. The standard InChI is InChI=1S/C29H32N8O/c30-23-20-4-2-1-3-17(20)16-28(23)10-13-37(14-11-28)27-33-25-22(26(38)34-27)24(35-36-25)29(8-9-29)18-7-12-31-21(15-18)32-19-5-6-19/h1-4,7,12,15,19,23H,5-6,8-11,13-14,16,30H2,(H,31,32)(H2,33,34,35,36,38)/t23-/m1/s1. The Hall–Kier alpha value is -3.72. The van der Waals surface area contributed by atoms with Crippen molar-refractivity contribution in [3.63, 3.8) is 0 Å². The zero-order valence-electron chi connectivity index (χ0n) is 21.3. The molecule has 2 saturated carbocycles. The highest BCUT2D eigenvalue weighted by Crippen LogP contribution is 2.54. The molecule has 3 fully saturated rings. The van der Waals surface area contributed by atoms with E-state index in [1.54, 1.807) is 0 Å². The van der Waals surface area contributed by atoms with E-state index in [4.69, 9.17) is 10.7 Å². The van der Waals surface area contributed by atoms with Crippen LogP contribution in [0.4, 0.5) is 11.8 Å². The van der Waals surface area contributed by atoms with Gasteiger partial charge < -0.3 is 16.0 Å². The molecule has 1 atom stereocenters. The molecule has 9 heteroatoms. The lowest BCUT2D eigenvalue weighted by molar-refractivity contribution is 0.187. The molecule has 38 heavy (non-hydrogen) atoms. The summed E-state index contributed by atoms with van der Waals surface area (Å²) in [5.41, 5.74) is 11.6. The number of nitrogens with one attached hydrogen (secondary N) is 3. The minimum absolute atomic E-state index is 0.0633. The third-order valence-electron chi connectivity index (χ3n) is 9.51. The van der Waals surface area contributed by atoms with Gasteiger partial charge in [0.25, 0.3) is 5.56 Å². The molecular weight excluding hydrogens is 476 g/mol. The summed E-state index contributed by atoms with van der Waals surface area (Å²) in [5.74, 6) is 1.51. The Kier molecular flexibility index (Phi) is 4.63. The van der Waals surface area contributed by atoms with Crippen molar-refractivity contribution in [1.29, 1.82) is 0 Å². The van der Waals surface area contributed by atoms with Crippen LogP contribution < -0.4 is 21.5 Å². The van der Waals surface area contributed by atoms with Crippen molar-refractivity contribution in [2.75, 3.05) is 23.3 Å². The maximum absolute atomic E-state index is 13.5. The molecule has 1 aromatic carbocycles. The summed E-state index contributed by atoms with van der Waals surface area (Å²) in [4.78, 5) is 28.1. The summed E-state index contributed by atoms with van der Waals surface area (Å²) in [7, 11) is 0. The first-order valence-electron chi connectivity index (χ1n) is 13.9. The van der Waals surface area contributed by atoms with Gasteiger partial charge in [-0.2, -0.15) is 10.1 Å². The third-order valence-corrected chi connectivity index (χ3v) is 9.51. The molecule has 3 aromatic heterocycles. The third kappa shape index (κ3) is 3.34. The molecule has 8 rings (SSSR count). The van der Waals surface area contributed by atoms with Crippen LogP contribution in [0.3, 0.4) is 0 Å². The smallest absolute Gasteiger partial charge is 0.263 e. The summed E-state index contributed by atoms with van der Waals surface area (Å²) in [6.07, 6.45) is 9.14. The number of pyridine rings is 1. The number of piperidine rings is 1. The minimum Gasteiger partial charge on any atom is -0.367 e. The molecule has 1 saturated heterocycles. The second kappa shape index (κ2) is 7.89. The highest BCUT2D eigenvalue weighted by molar-refractivity contribution is 5.80. The molecule has 4 heterocycles. The highest BCUT2D eigenvalue weighted by atomic mass is 16.1. The predicted octanol–water partition coefficient (Wildman–Crippen LogP) is 3.54. The number of hydrogen-bond donors (Lipinski definition) is 4. The topological polar surface area (TPSA) is 129 Å². The van der Waals surface area contributed by atoms with Gasteiger partial charge in [-0.3, -0.25) is 14.9 Å². The van der Waals surface area contributed by atoms with E-state index in [1.807, 2.05) is 6.20 Å². The molecule has 0 radical (unpaired) electrons. The lowest BCUT2D eigenvalue weighted by Gasteiger charge is -2.42. The van der Waals surface area contributed by atoms with Gasteiger partial charge in [0, 0.05) is 36.8 Å². The first kappa shape index (κ1) is 22.3. The van der Waals surface area contributed by atoms with Crippen LogP contribution in [0, 0.1) is 5.41 Å². The number of nitrogens with zero attached hydrogens (tertiary/aromatic N) is 4. The van der Waals surface area contributed by atoms with Crippen molar-refractivity contribution in [1.82, 2.24) is 25.1 Å². The normalized spacial score (nSPS) is 23.1. The monoisotopic (exact) mass is 508 g/mol. The molecule has 1 spiro atoms. The lowest BCUT2D eigenvalue weighted by atomic mass is 9.73. The fraction of sp³-hybridized carbons (Fsp3) is 0.448. The SMILES string of the molecule is N[C@@H]1c2ccccc2CC12CCN(c1nc3[nH]nc(C4(c5ccnc(NC6CC6)c5)CC4)c3c(=O)[nH]1)CC2. The summed E-state index contributed by atoms with van der Waals surface area (Å²) < 4.78 is 0. The number of rotatable bonds is 5. The Labute approximate surface area is 220 Å². The van der Waals surface area contributed by atoms with Gasteiger partial charge in [-0.25, -0.2) is 4.98 Å². The molecule has 4 aliphatic rings. The molecule has 3 aliphatic carbocycles. The van der Waals surface area contributed by atoms with Crippen LogP contribution in [-0.4, -0.2) is 44.3 Å². The van der Waals surface area contributed by atoms with Crippen molar-refractivity contribution in [3.05, 3.63) is 75.3 Å². The molecule has 0 bridgehead atoms. The minimum atomic E-state index is -0.261. The average molecular weight is 509 g/mol. The van der Waals surface area contributed by atoms with Crippen molar-refractivity contribution in [2.45, 2.75) is 62.4 Å². The zero-order chi connectivity index (χ0) is 25.5. The van der Waals surface area contributed by atoms with E-state index < -0.39 is 0 Å². The molecule has 1 aliphatic heterocycles. The van der Waals surface area contributed by atoms with Gasteiger partial charge in [0.15, 0.2) is 5.65 Å². The number of anilines is 2. The first-order valence-corrected chi connectivity index (χ1v) is 13.9. The summed E-state index contributed by atoms with van der Waals surface area (Å²) >= 11 is 0. The Bertz CT molecular complexity index is 1610. The first-order chi connectivity index (χ1) is 18.5. The lowest BCUT2D eigenvalue weighted by Crippen LogP contribution is -2.45. The van der Waals surface area contributed by atoms with Crippen molar-refractivity contribution < 1.29 is 0 Å². The fourth-order valence-corrected chi connectivity index (χ4v) is 6.92. The van der Waals surface area contributed by atoms with Crippen LogP contribution in [0.15, 0.2) is 47.4 Å². The highest BCUT2D eigenvalue weighted by Gasteiger charge is 2.50. The van der Waals surface area contributed by atoms with Gasteiger partial charge >= 0.3 is 0 Å². The quantitative estimate of drug-likeness (QED) is 0.325. The van der Waals surface area contributed by atoms with E-state index >= 15 is 0 Å². The maximum atomic E-state index is 13.5. The van der Waals surface area contributed by atoms with Gasteiger partial charge in [-0.05, 0) is 79.2 Å². The largest absolute Gasteiger partial charge is 0.367 e. The van der Waals surface area contributed by atoms with Crippen LogP contribution >= 0.6 is 0 Å². The van der Waals surface area contributed by atoms with E-state index in [-0.39, 0.29) is 22.4 Å². The molecule has 9 nitrogen and oxygen atoms in total. The number of aromatic amines is 2. The number of hydrogen-bond acceptors (Lipinski definition) is 7. The van der Waals surface area contributed by atoms with E-state index in [1.165, 1.54) is 24.0 Å². The number of aromatic nitrogens is 5. The van der Waals surface area contributed by atoms with E-state index in [0.29, 0.717) is 23.0 Å². The van der Waals surface area contributed by atoms with Gasteiger partial charge in [0.05, 0.1) is 5.69 Å². The molecule has 0 amide bonds. The van der Waals surface area contributed by atoms with E-state index in [9.17, 15) is 4.79 Å². The molecule has 0 unspecified atom stereocenters. The molecule has 5 N–H and O–H groups in total. The van der Waals surface area contributed by atoms with E-state index in [0.717, 1.165) is 62.3 Å². The van der Waals surface area contributed by atoms with E-state index in [2.05, 4.69) is 66.8 Å². The Balaban J connectivity index is 1.06. The molecular formula is C29H32N8O. The number of nitrogens with two attached hydrogens (primary N) is 1. The van der Waals surface area contributed by atoms with Crippen molar-refractivity contribution >= 4 is 22.8 Å². The molecule has 4 aromatic rings. The van der Waals surface area contributed by atoms with Crippen LogP contribution in [0.25, 0.3) is 11.0 Å². The van der Waals surface area contributed by atoms with Crippen molar-refractivity contribution in [3.8, 4) is 0 Å². The maximum Gasteiger partial charge on any atom is 0.263 e. The van der Waals surface area contributed by atoms with Crippen LogP contribution in [0.1, 0.15) is 67.0 Å². The second-order valence-electron chi connectivity index (χ2n) is 11.8.